The number of carboxylic acids is 1. The topological polar surface area (TPSA) is 46.5 Å². The van der Waals surface area contributed by atoms with Crippen LogP contribution in [0.4, 0.5) is 13.2 Å². The van der Waals surface area contributed by atoms with Gasteiger partial charge in [-0.2, -0.15) is 13.2 Å². The Labute approximate surface area is 125 Å². The summed E-state index contributed by atoms with van der Waals surface area (Å²) in [6.07, 6.45) is 0.408. The molecule has 1 aliphatic carbocycles. The Morgan fingerprint density at radius 1 is 1.23 bits per heavy atom. The van der Waals surface area contributed by atoms with Gasteiger partial charge >= 0.3 is 12.1 Å². The van der Waals surface area contributed by atoms with Crippen molar-refractivity contribution in [3.63, 3.8) is 0 Å². The van der Waals surface area contributed by atoms with E-state index in [1.165, 1.54) is 6.08 Å². The summed E-state index contributed by atoms with van der Waals surface area (Å²) in [6.45, 7) is -1.43. The molecule has 0 aliphatic heterocycles. The van der Waals surface area contributed by atoms with Gasteiger partial charge in [-0.3, -0.25) is 4.79 Å². The van der Waals surface area contributed by atoms with Crippen LogP contribution in [0.1, 0.15) is 12.0 Å². The third-order valence-electron chi connectivity index (χ3n) is 3.48. The number of halogens is 3. The first-order valence-corrected chi connectivity index (χ1v) is 6.65. The average Bonchev–Trinajstić information content (AvgIpc) is 2.45. The Hall–Kier alpha value is -2.08. The normalized spacial score (nSPS) is 24.4. The number of hydrogen-bond acceptors (Lipinski definition) is 2. The standard InChI is InChI=1S/C16H15F3O3/c17-16(18,19)11-22-13-8-4-5-9-15(13,10-14(20)21)12-6-2-1-3-7-12/h1-9,13H,10-11H2,(H,20,21). The van der Waals surface area contributed by atoms with Crippen LogP contribution in [0.3, 0.4) is 0 Å². The molecular weight excluding hydrogens is 297 g/mol. The summed E-state index contributed by atoms with van der Waals surface area (Å²) in [5.74, 6) is -1.11. The van der Waals surface area contributed by atoms with Gasteiger partial charge in [-0.25, -0.2) is 0 Å². The molecule has 1 N–H and O–H groups in total. The lowest BCUT2D eigenvalue weighted by Gasteiger charge is -2.38. The molecule has 0 aromatic heterocycles. The van der Waals surface area contributed by atoms with E-state index >= 15 is 0 Å². The predicted octanol–water partition coefficient (Wildman–Crippen LogP) is 3.47. The summed E-state index contributed by atoms with van der Waals surface area (Å²) < 4.78 is 42.3. The first-order valence-electron chi connectivity index (χ1n) is 6.65. The molecule has 0 heterocycles. The van der Waals surface area contributed by atoms with E-state index in [0.717, 1.165) is 0 Å². The number of ether oxygens (including phenoxy) is 1. The number of alkyl halides is 3. The van der Waals surface area contributed by atoms with Gasteiger partial charge in [-0.15, -0.1) is 0 Å². The van der Waals surface area contributed by atoms with Crippen molar-refractivity contribution in [3.8, 4) is 0 Å². The Balaban J connectivity index is 2.38. The van der Waals surface area contributed by atoms with E-state index in [9.17, 15) is 23.1 Å². The highest BCUT2D eigenvalue weighted by Gasteiger charge is 2.42. The van der Waals surface area contributed by atoms with Crippen LogP contribution in [0.15, 0.2) is 54.6 Å². The Bertz CT molecular complexity index is 578. The van der Waals surface area contributed by atoms with Crippen molar-refractivity contribution in [1.82, 2.24) is 0 Å². The number of aliphatic carboxylic acids is 1. The zero-order valence-corrected chi connectivity index (χ0v) is 11.6. The van der Waals surface area contributed by atoms with E-state index < -0.39 is 30.3 Å². The second kappa shape index (κ2) is 6.36. The maximum atomic E-state index is 12.4. The molecule has 1 aromatic carbocycles. The van der Waals surface area contributed by atoms with Crippen LogP contribution in [-0.2, 0) is 14.9 Å². The SMILES string of the molecule is O=C(O)CC1(c2ccccc2)C=CC=CC1OCC(F)(F)F. The minimum absolute atomic E-state index is 0.361. The van der Waals surface area contributed by atoms with Gasteiger partial charge in [0.15, 0.2) is 0 Å². The van der Waals surface area contributed by atoms with Crippen molar-refractivity contribution in [1.29, 1.82) is 0 Å². The molecule has 0 spiro atoms. The van der Waals surface area contributed by atoms with E-state index in [0.29, 0.717) is 5.56 Å². The molecule has 6 heteroatoms. The minimum atomic E-state index is -4.47. The molecule has 0 fully saturated rings. The lowest BCUT2D eigenvalue weighted by atomic mass is 9.71. The van der Waals surface area contributed by atoms with Crippen molar-refractivity contribution in [2.45, 2.75) is 24.1 Å². The molecule has 0 bridgehead atoms. The number of benzene rings is 1. The number of hydrogen-bond donors (Lipinski definition) is 1. The van der Waals surface area contributed by atoms with Crippen LogP contribution in [-0.4, -0.2) is 30.0 Å². The first-order chi connectivity index (χ1) is 10.3. The van der Waals surface area contributed by atoms with Crippen LogP contribution < -0.4 is 0 Å². The van der Waals surface area contributed by atoms with Gasteiger partial charge < -0.3 is 9.84 Å². The fourth-order valence-electron chi connectivity index (χ4n) is 2.57. The smallest absolute Gasteiger partial charge is 0.411 e. The monoisotopic (exact) mass is 312 g/mol. The number of allylic oxidation sites excluding steroid dienone is 2. The quantitative estimate of drug-likeness (QED) is 0.905. The van der Waals surface area contributed by atoms with Crippen LogP contribution in [0, 0.1) is 0 Å². The molecule has 0 saturated heterocycles. The lowest BCUT2D eigenvalue weighted by molar-refractivity contribution is -0.186. The summed E-state index contributed by atoms with van der Waals surface area (Å²) in [7, 11) is 0. The zero-order valence-electron chi connectivity index (χ0n) is 11.6. The van der Waals surface area contributed by atoms with E-state index in [4.69, 9.17) is 4.74 Å². The van der Waals surface area contributed by atoms with Crippen LogP contribution in [0.25, 0.3) is 0 Å². The van der Waals surface area contributed by atoms with Crippen LogP contribution in [0.2, 0.25) is 0 Å². The average molecular weight is 312 g/mol. The van der Waals surface area contributed by atoms with Crippen molar-refractivity contribution >= 4 is 5.97 Å². The number of carbonyl (C=O) groups is 1. The van der Waals surface area contributed by atoms with E-state index in [-0.39, 0.29) is 6.42 Å². The van der Waals surface area contributed by atoms with Crippen LogP contribution >= 0.6 is 0 Å². The molecule has 3 nitrogen and oxygen atoms in total. The highest BCUT2D eigenvalue weighted by atomic mass is 19.4. The Morgan fingerprint density at radius 2 is 1.91 bits per heavy atom. The van der Waals surface area contributed by atoms with Gasteiger partial charge in [-0.05, 0) is 5.56 Å². The fraction of sp³-hybridized carbons (Fsp3) is 0.312. The molecule has 1 aromatic rings. The summed E-state index contributed by atoms with van der Waals surface area (Å²) in [5, 5.41) is 9.20. The molecule has 1 aliphatic rings. The zero-order chi connectivity index (χ0) is 16.2. The van der Waals surface area contributed by atoms with Crippen molar-refractivity contribution in [3.05, 3.63) is 60.2 Å². The summed E-state index contributed by atoms with van der Waals surface area (Å²) in [5.41, 5.74) is -0.558. The maximum Gasteiger partial charge on any atom is 0.411 e. The highest BCUT2D eigenvalue weighted by molar-refractivity contribution is 5.70. The molecule has 118 valence electrons. The first kappa shape index (κ1) is 16.3. The molecule has 0 saturated carbocycles. The van der Waals surface area contributed by atoms with Gasteiger partial charge in [0.25, 0.3) is 0 Å². The van der Waals surface area contributed by atoms with E-state index in [2.05, 4.69) is 0 Å². The maximum absolute atomic E-state index is 12.4. The third-order valence-corrected chi connectivity index (χ3v) is 3.48. The molecular formula is C16H15F3O3. The van der Waals surface area contributed by atoms with Gasteiger partial charge in [0.2, 0.25) is 0 Å². The molecule has 22 heavy (non-hydrogen) atoms. The summed E-state index contributed by atoms with van der Waals surface area (Å²) in [6, 6.07) is 8.57. The molecule has 2 atom stereocenters. The van der Waals surface area contributed by atoms with Crippen molar-refractivity contribution < 1.29 is 27.8 Å². The van der Waals surface area contributed by atoms with Gasteiger partial charge in [-0.1, -0.05) is 54.6 Å². The Kier molecular flexibility index (Phi) is 4.71. The highest BCUT2D eigenvalue weighted by Crippen LogP contribution is 2.38. The van der Waals surface area contributed by atoms with Gasteiger partial charge in [0.1, 0.15) is 6.61 Å². The van der Waals surface area contributed by atoms with Gasteiger partial charge in [0.05, 0.1) is 17.9 Å². The van der Waals surface area contributed by atoms with E-state index in [1.54, 1.807) is 48.6 Å². The number of rotatable bonds is 5. The van der Waals surface area contributed by atoms with Crippen LogP contribution in [0.5, 0.6) is 0 Å². The molecule has 0 radical (unpaired) electrons. The minimum Gasteiger partial charge on any atom is -0.481 e. The lowest BCUT2D eigenvalue weighted by Crippen LogP contribution is -2.43. The molecule has 0 amide bonds. The Morgan fingerprint density at radius 3 is 2.50 bits per heavy atom. The third kappa shape index (κ3) is 3.76. The van der Waals surface area contributed by atoms with Gasteiger partial charge in [0, 0.05) is 0 Å². The largest absolute Gasteiger partial charge is 0.481 e. The predicted molar refractivity (Wildman–Crippen MR) is 74.4 cm³/mol. The van der Waals surface area contributed by atoms with Crippen molar-refractivity contribution in [2.24, 2.45) is 0 Å². The molecule has 2 rings (SSSR count). The second-order valence-electron chi connectivity index (χ2n) is 5.07. The molecule has 2 unspecified atom stereocenters. The van der Waals surface area contributed by atoms with Crippen molar-refractivity contribution in [2.75, 3.05) is 6.61 Å². The second-order valence-corrected chi connectivity index (χ2v) is 5.07. The fourth-order valence-corrected chi connectivity index (χ4v) is 2.57. The van der Waals surface area contributed by atoms with E-state index in [1.807, 2.05) is 0 Å². The summed E-state index contributed by atoms with van der Waals surface area (Å²) >= 11 is 0. The summed E-state index contributed by atoms with van der Waals surface area (Å²) in [4.78, 5) is 11.3. The number of carboxylic acid groups (broad SMARTS) is 1.